The van der Waals surface area contributed by atoms with E-state index in [4.69, 9.17) is 28.2 Å². The van der Waals surface area contributed by atoms with E-state index in [9.17, 15) is 0 Å². The lowest BCUT2D eigenvalue weighted by atomic mass is 10.2. The van der Waals surface area contributed by atoms with Crippen molar-refractivity contribution in [2.24, 2.45) is 4.99 Å². The molecule has 1 N–H and O–H groups in total. The van der Waals surface area contributed by atoms with Crippen LogP contribution >= 0.6 is 23.2 Å². The fraction of sp³-hybridized carbons (Fsp3) is 0.571. The fourth-order valence-electron chi connectivity index (χ4n) is 3.61. The van der Waals surface area contributed by atoms with Crippen LogP contribution < -0.4 is 5.32 Å². The van der Waals surface area contributed by atoms with Crippen LogP contribution in [-0.4, -0.2) is 45.8 Å². The average molecular weight is 437 g/mol. The van der Waals surface area contributed by atoms with Crippen molar-refractivity contribution >= 4 is 29.2 Å². The van der Waals surface area contributed by atoms with Crippen LogP contribution in [0.4, 0.5) is 0 Å². The lowest BCUT2D eigenvalue weighted by molar-refractivity contribution is 0.476. The Labute approximate surface area is 183 Å². The van der Waals surface area contributed by atoms with E-state index in [2.05, 4.69) is 31.9 Å². The molecule has 0 fully saturated rings. The van der Waals surface area contributed by atoms with Crippen molar-refractivity contribution in [1.82, 2.24) is 25.0 Å². The van der Waals surface area contributed by atoms with Crippen LogP contribution in [0.2, 0.25) is 10.0 Å². The maximum absolute atomic E-state index is 6.14. The Morgan fingerprint density at radius 3 is 2.86 bits per heavy atom. The SMILES string of the molecule is CCNC(=NCCCc1nnc2n1CCCCC2)N(C)Cc1ccc(Cl)c(Cl)c1. The second-order valence-corrected chi connectivity index (χ2v) is 8.25. The number of guanidine groups is 1. The Morgan fingerprint density at radius 1 is 1.21 bits per heavy atom. The molecule has 8 heteroatoms. The Morgan fingerprint density at radius 2 is 2.07 bits per heavy atom. The molecule has 0 unspecified atom stereocenters. The maximum Gasteiger partial charge on any atom is 0.193 e. The second kappa shape index (κ2) is 10.8. The molecular formula is C21H30Cl2N6. The molecule has 6 nitrogen and oxygen atoms in total. The van der Waals surface area contributed by atoms with E-state index < -0.39 is 0 Å². The molecule has 0 radical (unpaired) electrons. The summed E-state index contributed by atoms with van der Waals surface area (Å²) in [4.78, 5) is 6.90. The number of aromatic nitrogens is 3. The lowest BCUT2D eigenvalue weighted by Crippen LogP contribution is -2.38. The third kappa shape index (κ3) is 6.09. The molecule has 0 saturated heterocycles. The van der Waals surface area contributed by atoms with Crippen molar-refractivity contribution in [3.63, 3.8) is 0 Å². The van der Waals surface area contributed by atoms with E-state index in [1.807, 2.05) is 25.2 Å². The minimum atomic E-state index is 0.574. The number of rotatable bonds is 7. The number of hydrogen-bond donors (Lipinski definition) is 1. The zero-order valence-electron chi connectivity index (χ0n) is 17.3. The first-order valence-electron chi connectivity index (χ1n) is 10.4. The van der Waals surface area contributed by atoms with Gasteiger partial charge in [-0.1, -0.05) is 35.7 Å². The van der Waals surface area contributed by atoms with Gasteiger partial charge in [0.15, 0.2) is 5.96 Å². The van der Waals surface area contributed by atoms with E-state index in [0.717, 1.165) is 62.1 Å². The van der Waals surface area contributed by atoms with Gasteiger partial charge in [0.05, 0.1) is 10.0 Å². The summed E-state index contributed by atoms with van der Waals surface area (Å²) in [5.74, 6) is 3.14. The summed E-state index contributed by atoms with van der Waals surface area (Å²) in [6.45, 7) is 5.41. The predicted molar refractivity (Wildman–Crippen MR) is 120 cm³/mol. The summed E-state index contributed by atoms with van der Waals surface area (Å²) in [7, 11) is 2.03. The Kier molecular flexibility index (Phi) is 8.19. The van der Waals surface area contributed by atoms with Crippen molar-refractivity contribution in [2.75, 3.05) is 20.1 Å². The van der Waals surface area contributed by atoms with Crippen molar-refractivity contribution in [3.8, 4) is 0 Å². The van der Waals surface area contributed by atoms with Gasteiger partial charge in [0.2, 0.25) is 0 Å². The van der Waals surface area contributed by atoms with E-state index in [-0.39, 0.29) is 0 Å². The molecule has 2 heterocycles. The smallest absolute Gasteiger partial charge is 0.193 e. The number of aliphatic imine (C=N–C) groups is 1. The lowest BCUT2D eigenvalue weighted by Gasteiger charge is -2.22. The summed E-state index contributed by atoms with van der Waals surface area (Å²) in [6.07, 6.45) is 6.64. The molecule has 29 heavy (non-hydrogen) atoms. The summed E-state index contributed by atoms with van der Waals surface area (Å²) < 4.78 is 2.32. The van der Waals surface area contributed by atoms with Gasteiger partial charge in [0, 0.05) is 46.1 Å². The number of hydrogen-bond acceptors (Lipinski definition) is 3. The molecule has 158 valence electrons. The summed E-state index contributed by atoms with van der Waals surface area (Å²) >= 11 is 12.2. The van der Waals surface area contributed by atoms with Gasteiger partial charge in [-0.25, -0.2) is 0 Å². The van der Waals surface area contributed by atoms with Crippen molar-refractivity contribution < 1.29 is 0 Å². The van der Waals surface area contributed by atoms with Crippen LogP contribution in [0.1, 0.15) is 49.8 Å². The van der Waals surface area contributed by atoms with Crippen LogP contribution in [0.3, 0.4) is 0 Å². The molecule has 0 bridgehead atoms. The largest absolute Gasteiger partial charge is 0.357 e. The molecule has 1 aromatic heterocycles. The van der Waals surface area contributed by atoms with Crippen LogP contribution in [0.15, 0.2) is 23.2 Å². The van der Waals surface area contributed by atoms with Gasteiger partial charge < -0.3 is 14.8 Å². The van der Waals surface area contributed by atoms with Crippen LogP contribution in [0.5, 0.6) is 0 Å². The number of aryl methyl sites for hydroxylation is 2. The molecule has 0 spiro atoms. The third-order valence-corrected chi connectivity index (χ3v) is 5.85. The van der Waals surface area contributed by atoms with Crippen molar-refractivity contribution in [2.45, 2.75) is 58.5 Å². The number of nitrogens with one attached hydrogen (secondary N) is 1. The van der Waals surface area contributed by atoms with E-state index in [1.165, 1.54) is 19.3 Å². The van der Waals surface area contributed by atoms with E-state index in [1.54, 1.807) is 0 Å². The molecule has 0 saturated carbocycles. The van der Waals surface area contributed by atoms with Gasteiger partial charge in [-0.2, -0.15) is 0 Å². The first kappa shape index (κ1) is 21.9. The van der Waals surface area contributed by atoms with Gasteiger partial charge >= 0.3 is 0 Å². The average Bonchev–Trinajstić information content (AvgIpc) is 2.93. The Bertz CT molecular complexity index is 833. The fourth-order valence-corrected chi connectivity index (χ4v) is 3.93. The maximum atomic E-state index is 6.14. The van der Waals surface area contributed by atoms with Gasteiger partial charge in [-0.3, -0.25) is 4.99 Å². The van der Waals surface area contributed by atoms with Gasteiger partial charge in [0.25, 0.3) is 0 Å². The normalized spacial score (nSPS) is 14.4. The number of fused-ring (bicyclic) bond motifs is 1. The Balaban J connectivity index is 1.56. The third-order valence-electron chi connectivity index (χ3n) is 5.11. The highest BCUT2D eigenvalue weighted by Gasteiger charge is 2.14. The van der Waals surface area contributed by atoms with Gasteiger partial charge in [-0.05, 0) is 43.9 Å². The topological polar surface area (TPSA) is 58.3 Å². The molecule has 2 aromatic rings. The molecular weight excluding hydrogens is 407 g/mol. The van der Waals surface area contributed by atoms with Crippen molar-refractivity contribution in [1.29, 1.82) is 0 Å². The predicted octanol–water partition coefficient (Wildman–Crippen LogP) is 4.34. The highest BCUT2D eigenvalue weighted by atomic mass is 35.5. The van der Waals surface area contributed by atoms with Crippen LogP contribution in [0, 0.1) is 0 Å². The summed E-state index contributed by atoms with van der Waals surface area (Å²) in [5.41, 5.74) is 1.10. The highest BCUT2D eigenvalue weighted by Crippen LogP contribution is 2.23. The van der Waals surface area contributed by atoms with Crippen LogP contribution in [-0.2, 0) is 25.9 Å². The minimum Gasteiger partial charge on any atom is -0.357 e. The quantitative estimate of drug-likeness (QED) is 0.398. The molecule has 3 rings (SSSR count). The number of halogens is 2. The second-order valence-electron chi connectivity index (χ2n) is 7.44. The van der Waals surface area contributed by atoms with Gasteiger partial charge in [0.1, 0.15) is 11.6 Å². The zero-order chi connectivity index (χ0) is 20.6. The molecule has 1 aliphatic rings. The monoisotopic (exact) mass is 436 g/mol. The standard InChI is InChI=1S/C21H30Cl2N6/c1-3-24-21(28(2)15-16-10-11-17(22)18(23)14-16)25-12-7-9-20-27-26-19-8-5-4-6-13-29(19)20/h10-11,14H,3-9,12-13,15H2,1-2H3,(H,24,25). The first-order chi connectivity index (χ1) is 14.1. The number of nitrogens with zero attached hydrogens (tertiary/aromatic N) is 5. The minimum absolute atomic E-state index is 0.574. The molecule has 1 aromatic carbocycles. The van der Waals surface area contributed by atoms with E-state index >= 15 is 0 Å². The first-order valence-corrected chi connectivity index (χ1v) is 11.2. The summed E-state index contributed by atoms with van der Waals surface area (Å²) in [5, 5.41) is 13.3. The zero-order valence-corrected chi connectivity index (χ0v) is 18.8. The van der Waals surface area contributed by atoms with Crippen LogP contribution in [0.25, 0.3) is 0 Å². The summed E-state index contributed by atoms with van der Waals surface area (Å²) in [6, 6.07) is 5.73. The molecule has 1 aliphatic heterocycles. The van der Waals surface area contributed by atoms with Crippen molar-refractivity contribution in [3.05, 3.63) is 45.5 Å². The van der Waals surface area contributed by atoms with E-state index in [0.29, 0.717) is 16.6 Å². The molecule has 0 aliphatic carbocycles. The highest BCUT2D eigenvalue weighted by molar-refractivity contribution is 6.42. The molecule has 0 atom stereocenters. The number of benzene rings is 1. The molecule has 0 amide bonds. The Hall–Kier alpha value is -1.79. The van der Waals surface area contributed by atoms with Gasteiger partial charge in [-0.15, -0.1) is 10.2 Å².